The van der Waals surface area contributed by atoms with Gasteiger partial charge in [0.1, 0.15) is 11.5 Å². The highest BCUT2D eigenvalue weighted by molar-refractivity contribution is 7.91. The second-order valence-corrected chi connectivity index (χ2v) is 5.83. The van der Waals surface area contributed by atoms with E-state index >= 15 is 0 Å². The molecule has 0 saturated heterocycles. The summed E-state index contributed by atoms with van der Waals surface area (Å²) in [5, 5.41) is 18.5. The van der Waals surface area contributed by atoms with Crippen molar-refractivity contribution in [1.82, 2.24) is 0 Å². The molecule has 6 nitrogen and oxygen atoms in total. The number of rotatable bonds is 2. The van der Waals surface area contributed by atoms with Gasteiger partial charge in [-0.1, -0.05) is 0 Å². The monoisotopic (exact) mass is 280 g/mol. The van der Waals surface area contributed by atoms with Crippen molar-refractivity contribution in [1.29, 1.82) is 0 Å². The molecule has 0 aromatic heterocycles. The zero-order valence-corrected chi connectivity index (χ0v) is 10.6. The van der Waals surface area contributed by atoms with Crippen LogP contribution in [0.4, 0.5) is 11.4 Å². The van der Waals surface area contributed by atoms with Gasteiger partial charge in [0, 0.05) is 12.1 Å². The minimum absolute atomic E-state index is 0.0764. The van der Waals surface area contributed by atoms with Crippen LogP contribution in [0.15, 0.2) is 46.2 Å². The Morgan fingerprint density at radius 3 is 1.47 bits per heavy atom. The predicted molar refractivity (Wildman–Crippen MR) is 70.5 cm³/mol. The van der Waals surface area contributed by atoms with Crippen LogP contribution >= 0.6 is 0 Å². The number of benzene rings is 2. The van der Waals surface area contributed by atoms with E-state index in [4.69, 9.17) is 11.5 Å². The summed E-state index contributed by atoms with van der Waals surface area (Å²) in [6, 6.07) is 7.13. The van der Waals surface area contributed by atoms with E-state index in [0.717, 1.165) is 12.1 Å². The average Bonchev–Trinajstić information content (AvgIpc) is 2.27. The van der Waals surface area contributed by atoms with Crippen molar-refractivity contribution in [2.75, 3.05) is 11.5 Å². The maximum absolute atomic E-state index is 12.4. The number of sulfone groups is 1. The SMILES string of the molecule is Nc1cc(O)ccc1S(=O)(=O)c1ccc(O)cc1N. The number of anilines is 2. The van der Waals surface area contributed by atoms with E-state index in [1.165, 1.54) is 24.3 Å². The summed E-state index contributed by atoms with van der Waals surface area (Å²) in [4.78, 5) is -0.301. The maximum atomic E-state index is 12.4. The molecule has 2 aromatic rings. The highest BCUT2D eigenvalue weighted by atomic mass is 32.2. The Morgan fingerprint density at radius 1 is 0.789 bits per heavy atom. The zero-order chi connectivity index (χ0) is 14.2. The molecule has 2 aromatic carbocycles. The summed E-state index contributed by atoms with van der Waals surface area (Å²) in [5.41, 5.74) is 11.0. The van der Waals surface area contributed by atoms with Crippen LogP contribution in [0.3, 0.4) is 0 Å². The van der Waals surface area contributed by atoms with Gasteiger partial charge in [-0.15, -0.1) is 0 Å². The van der Waals surface area contributed by atoms with Crippen molar-refractivity contribution < 1.29 is 18.6 Å². The molecule has 100 valence electrons. The van der Waals surface area contributed by atoms with E-state index in [9.17, 15) is 18.6 Å². The lowest BCUT2D eigenvalue weighted by molar-refractivity contribution is 0.475. The Kier molecular flexibility index (Phi) is 2.99. The molecule has 0 saturated carbocycles. The standard InChI is InChI=1S/C12H12N2O4S/c13-9-5-7(15)1-3-11(9)19(17,18)12-4-2-8(16)6-10(12)14/h1-6,15-16H,13-14H2. The normalized spacial score (nSPS) is 11.4. The van der Waals surface area contributed by atoms with Crippen LogP contribution in [0.2, 0.25) is 0 Å². The summed E-state index contributed by atoms with van der Waals surface area (Å²) in [7, 11) is -3.91. The quantitative estimate of drug-likeness (QED) is 0.610. The van der Waals surface area contributed by atoms with Gasteiger partial charge in [-0.3, -0.25) is 0 Å². The number of hydrogen-bond donors (Lipinski definition) is 4. The van der Waals surface area contributed by atoms with Crippen molar-refractivity contribution in [3.63, 3.8) is 0 Å². The summed E-state index contributed by atoms with van der Waals surface area (Å²) < 4.78 is 24.7. The van der Waals surface area contributed by atoms with Crippen molar-refractivity contribution >= 4 is 21.2 Å². The predicted octanol–water partition coefficient (Wildman–Crippen LogP) is 1.09. The van der Waals surface area contributed by atoms with E-state index in [2.05, 4.69) is 0 Å². The average molecular weight is 280 g/mol. The summed E-state index contributed by atoms with van der Waals surface area (Å²) in [6.45, 7) is 0. The number of phenols is 2. The highest BCUT2D eigenvalue weighted by Crippen LogP contribution is 2.32. The van der Waals surface area contributed by atoms with Crippen LogP contribution in [-0.4, -0.2) is 18.6 Å². The Bertz CT molecular complexity index is 684. The molecule has 0 unspecified atom stereocenters. The molecule has 19 heavy (non-hydrogen) atoms. The molecule has 0 aliphatic rings. The summed E-state index contributed by atoms with van der Waals surface area (Å²) in [5.74, 6) is -0.259. The molecule has 7 heteroatoms. The Hall–Kier alpha value is -2.41. The van der Waals surface area contributed by atoms with Gasteiger partial charge in [-0.2, -0.15) is 0 Å². The molecule has 0 bridgehead atoms. The smallest absolute Gasteiger partial charge is 0.210 e. The first-order valence-corrected chi connectivity index (χ1v) is 6.73. The fourth-order valence-electron chi connectivity index (χ4n) is 1.68. The Balaban J connectivity index is 2.65. The largest absolute Gasteiger partial charge is 0.508 e. The number of phenolic OH excluding ortho intramolecular Hbond substituents is 2. The van der Waals surface area contributed by atoms with Gasteiger partial charge in [0.25, 0.3) is 0 Å². The second kappa shape index (κ2) is 4.36. The van der Waals surface area contributed by atoms with Crippen molar-refractivity contribution in [2.45, 2.75) is 9.79 Å². The third-order valence-electron chi connectivity index (χ3n) is 2.57. The summed E-state index contributed by atoms with van der Waals surface area (Å²) >= 11 is 0. The molecule has 0 heterocycles. The zero-order valence-electron chi connectivity index (χ0n) is 9.74. The Morgan fingerprint density at radius 2 is 1.16 bits per heavy atom. The lowest BCUT2D eigenvalue weighted by Crippen LogP contribution is -2.08. The number of aromatic hydroxyl groups is 2. The number of nitrogens with two attached hydrogens (primary N) is 2. The molecule has 0 spiro atoms. The minimum atomic E-state index is -3.91. The van der Waals surface area contributed by atoms with Gasteiger partial charge in [0.05, 0.1) is 21.2 Å². The lowest BCUT2D eigenvalue weighted by Gasteiger charge is -2.10. The Labute approximate surface area is 109 Å². The van der Waals surface area contributed by atoms with Gasteiger partial charge in [-0.25, -0.2) is 8.42 Å². The molecular weight excluding hydrogens is 268 g/mol. The van der Waals surface area contributed by atoms with Gasteiger partial charge in [0.15, 0.2) is 0 Å². The molecule has 6 N–H and O–H groups in total. The fraction of sp³-hybridized carbons (Fsp3) is 0. The van der Waals surface area contributed by atoms with Gasteiger partial charge in [0.2, 0.25) is 9.84 Å². The van der Waals surface area contributed by atoms with E-state index < -0.39 is 9.84 Å². The van der Waals surface area contributed by atoms with Crippen LogP contribution < -0.4 is 11.5 Å². The first-order valence-electron chi connectivity index (χ1n) is 5.24. The van der Waals surface area contributed by atoms with Gasteiger partial charge < -0.3 is 21.7 Å². The van der Waals surface area contributed by atoms with Crippen LogP contribution in [-0.2, 0) is 9.84 Å². The topological polar surface area (TPSA) is 127 Å². The molecule has 0 fully saturated rings. The van der Waals surface area contributed by atoms with E-state index in [1.54, 1.807) is 0 Å². The van der Waals surface area contributed by atoms with Crippen LogP contribution in [0.25, 0.3) is 0 Å². The number of nitrogen functional groups attached to an aromatic ring is 2. The molecular formula is C12H12N2O4S. The molecule has 0 radical (unpaired) electrons. The third-order valence-corrected chi connectivity index (χ3v) is 4.47. The van der Waals surface area contributed by atoms with Crippen molar-refractivity contribution in [2.24, 2.45) is 0 Å². The van der Waals surface area contributed by atoms with E-state index in [-0.39, 0.29) is 32.7 Å². The molecule has 0 amide bonds. The van der Waals surface area contributed by atoms with E-state index in [1.807, 2.05) is 0 Å². The van der Waals surface area contributed by atoms with Crippen LogP contribution in [0.5, 0.6) is 11.5 Å². The highest BCUT2D eigenvalue weighted by Gasteiger charge is 2.23. The lowest BCUT2D eigenvalue weighted by atomic mass is 10.3. The summed E-state index contributed by atoms with van der Waals surface area (Å²) in [6.07, 6.45) is 0. The first-order chi connectivity index (χ1) is 8.82. The van der Waals surface area contributed by atoms with E-state index in [0.29, 0.717) is 0 Å². The van der Waals surface area contributed by atoms with Gasteiger partial charge in [-0.05, 0) is 24.3 Å². The van der Waals surface area contributed by atoms with Crippen molar-refractivity contribution in [3.05, 3.63) is 36.4 Å². The number of hydrogen-bond acceptors (Lipinski definition) is 6. The van der Waals surface area contributed by atoms with Crippen LogP contribution in [0.1, 0.15) is 0 Å². The maximum Gasteiger partial charge on any atom is 0.210 e. The fourth-order valence-corrected chi connectivity index (χ4v) is 3.15. The first kappa shape index (κ1) is 13.0. The molecule has 0 atom stereocenters. The minimum Gasteiger partial charge on any atom is -0.508 e. The van der Waals surface area contributed by atoms with Crippen molar-refractivity contribution in [3.8, 4) is 11.5 Å². The second-order valence-electron chi connectivity index (χ2n) is 3.95. The van der Waals surface area contributed by atoms with Crippen LogP contribution in [0, 0.1) is 0 Å². The molecule has 0 aliphatic carbocycles. The molecule has 0 aliphatic heterocycles. The third kappa shape index (κ3) is 2.27. The molecule has 2 rings (SSSR count). The van der Waals surface area contributed by atoms with Gasteiger partial charge >= 0.3 is 0 Å².